The van der Waals surface area contributed by atoms with Crippen LogP contribution in [0, 0.1) is 24.6 Å². The van der Waals surface area contributed by atoms with Crippen molar-refractivity contribution in [3.05, 3.63) is 47.5 Å². The lowest BCUT2D eigenvalue weighted by Crippen LogP contribution is -2.36. The summed E-state index contributed by atoms with van der Waals surface area (Å²) in [6, 6.07) is 6.11. The molecule has 3 rings (SSSR count). The van der Waals surface area contributed by atoms with E-state index in [1.807, 2.05) is 13.8 Å². The number of carbonyl (C=O) groups is 1. The van der Waals surface area contributed by atoms with E-state index >= 15 is 0 Å². The molecule has 154 valence electrons. The monoisotopic (exact) mass is 408 g/mol. The summed E-state index contributed by atoms with van der Waals surface area (Å²) in [5, 5.41) is 10.9. The van der Waals surface area contributed by atoms with E-state index in [4.69, 9.17) is 0 Å². The van der Waals surface area contributed by atoms with Gasteiger partial charge in [-0.1, -0.05) is 6.92 Å². The number of halogens is 2. The number of carbonyl (C=O) groups excluding carboxylic acids is 1. The summed E-state index contributed by atoms with van der Waals surface area (Å²) in [6.45, 7) is 8.20. The molecule has 1 fully saturated rings. The van der Waals surface area contributed by atoms with Crippen molar-refractivity contribution in [1.82, 2.24) is 20.4 Å². The Morgan fingerprint density at radius 2 is 2.07 bits per heavy atom. The second kappa shape index (κ2) is 10.0. The van der Waals surface area contributed by atoms with Crippen molar-refractivity contribution >= 4 is 18.3 Å². The number of rotatable bonds is 6. The molecular formula is C21H30ClFN4O. The van der Waals surface area contributed by atoms with Crippen LogP contribution in [-0.4, -0.2) is 28.8 Å². The molecule has 0 radical (unpaired) electrons. The summed E-state index contributed by atoms with van der Waals surface area (Å²) in [5.74, 6) is 0.747. The number of hydrogen-bond acceptors (Lipinski definition) is 3. The largest absolute Gasteiger partial charge is 0.349 e. The van der Waals surface area contributed by atoms with Crippen LogP contribution in [0.2, 0.25) is 0 Å². The Kier molecular flexibility index (Phi) is 8.01. The molecule has 1 aliphatic heterocycles. The fourth-order valence-electron chi connectivity index (χ4n) is 3.89. The Bertz CT molecular complexity index is 771. The summed E-state index contributed by atoms with van der Waals surface area (Å²) in [6.07, 6.45) is 4.70. The third kappa shape index (κ3) is 5.32. The first kappa shape index (κ1) is 22.4. The molecule has 2 aromatic rings. The van der Waals surface area contributed by atoms with Crippen LogP contribution in [0.5, 0.6) is 0 Å². The van der Waals surface area contributed by atoms with E-state index in [2.05, 4.69) is 22.7 Å². The highest BCUT2D eigenvalue weighted by Crippen LogP contribution is 2.24. The standard InChI is InChI=1S/C21H29FN4O.ClH/c1-14(17-5-4-10-23-12-17)11-21(27)25-15(2)20-13-24-26(16(20)3)19-8-6-18(22)7-9-19;/h6-9,13-15,17,23H,4-5,10-12H2,1-3H3,(H,25,27);1H. The second-order valence-electron chi connectivity index (χ2n) is 7.65. The van der Waals surface area contributed by atoms with Crippen LogP contribution >= 0.6 is 12.4 Å². The molecule has 2 heterocycles. The van der Waals surface area contributed by atoms with Gasteiger partial charge in [0, 0.05) is 17.7 Å². The minimum atomic E-state index is -0.272. The van der Waals surface area contributed by atoms with Gasteiger partial charge in [-0.3, -0.25) is 4.79 Å². The van der Waals surface area contributed by atoms with E-state index in [9.17, 15) is 9.18 Å². The fraction of sp³-hybridized carbons (Fsp3) is 0.524. The van der Waals surface area contributed by atoms with E-state index in [1.54, 1.807) is 23.0 Å². The van der Waals surface area contributed by atoms with E-state index in [0.29, 0.717) is 18.3 Å². The van der Waals surface area contributed by atoms with Crippen molar-refractivity contribution < 1.29 is 9.18 Å². The first-order chi connectivity index (χ1) is 13.0. The molecule has 28 heavy (non-hydrogen) atoms. The molecule has 5 nitrogen and oxygen atoms in total. The molecular weight excluding hydrogens is 379 g/mol. The Morgan fingerprint density at radius 3 is 2.71 bits per heavy atom. The van der Waals surface area contributed by atoms with Crippen molar-refractivity contribution in [2.45, 2.75) is 46.1 Å². The lowest BCUT2D eigenvalue weighted by molar-refractivity contribution is -0.123. The van der Waals surface area contributed by atoms with E-state index < -0.39 is 0 Å². The molecule has 1 amide bonds. The van der Waals surface area contributed by atoms with Crippen LogP contribution in [0.3, 0.4) is 0 Å². The quantitative estimate of drug-likeness (QED) is 0.761. The zero-order valence-corrected chi connectivity index (χ0v) is 17.6. The van der Waals surface area contributed by atoms with Gasteiger partial charge in [0.15, 0.2) is 0 Å². The molecule has 1 aromatic heterocycles. The smallest absolute Gasteiger partial charge is 0.220 e. The number of piperidine rings is 1. The van der Waals surface area contributed by atoms with Gasteiger partial charge >= 0.3 is 0 Å². The predicted molar refractivity (Wildman–Crippen MR) is 111 cm³/mol. The first-order valence-corrected chi connectivity index (χ1v) is 9.76. The lowest BCUT2D eigenvalue weighted by atomic mass is 9.85. The average molecular weight is 409 g/mol. The molecule has 0 saturated carbocycles. The third-order valence-electron chi connectivity index (χ3n) is 5.61. The van der Waals surface area contributed by atoms with Crippen molar-refractivity contribution in [3.63, 3.8) is 0 Å². The zero-order chi connectivity index (χ0) is 19.4. The van der Waals surface area contributed by atoms with Gasteiger partial charge in [-0.25, -0.2) is 9.07 Å². The van der Waals surface area contributed by atoms with Crippen molar-refractivity contribution in [1.29, 1.82) is 0 Å². The number of amides is 1. The van der Waals surface area contributed by atoms with Gasteiger partial charge in [0.05, 0.1) is 17.9 Å². The summed E-state index contributed by atoms with van der Waals surface area (Å²) in [5.41, 5.74) is 2.72. The maximum absolute atomic E-state index is 13.1. The average Bonchev–Trinajstić information content (AvgIpc) is 3.04. The lowest BCUT2D eigenvalue weighted by Gasteiger charge is -2.28. The second-order valence-corrected chi connectivity index (χ2v) is 7.65. The summed E-state index contributed by atoms with van der Waals surface area (Å²) < 4.78 is 14.9. The molecule has 7 heteroatoms. The maximum Gasteiger partial charge on any atom is 0.220 e. The number of hydrogen-bond donors (Lipinski definition) is 2. The highest BCUT2D eigenvalue weighted by molar-refractivity contribution is 5.85. The third-order valence-corrected chi connectivity index (χ3v) is 5.61. The van der Waals surface area contributed by atoms with Crippen LogP contribution < -0.4 is 10.6 Å². The molecule has 0 aliphatic carbocycles. The molecule has 3 atom stereocenters. The van der Waals surface area contributed by atoms with Gasteiger partial charge in [-0.2, -0.15) is 5.10 Å². The van der Waals surface area contributed by atoms with Gasteiger partial charge in [-0.05, 0) is 75.9 Å². The van der Waals surface area contributed by atoms with Gasteiger partial charge in [0.1, 0.15) is 5.82 Å². The van der Waals surface area contributed by atoms with Crippen LogP contribution in [0.15, 0.2) is 30.5 Å². The molecule has 0 spiro atoms. The summed E-state index contributed by atoms with van der Waals surface area (Å²) >= 11 is 0. The van der Waals surface area contributed by atoms with Gasteiger partial charge in [0.2, 0.25) is 5.91 Å². The highest BCUT2D eigenvalue weighted by Gasteiger charge is 2.23. The Morgan fingerprint density at radius 1 is 1.36 bits per heavy atom. The van der Waals surface area contributed by atoms with E-state index in [-0.39, 0.29) is 30.2 Å². The van der Waals surface area contributed by atoms with Crippen LogP contribution in [-0.2, 0) is 4.79 Å². The minimum absolute atomic E-state index is 0. The number of nitrogens with zero attached hydrogens (tertiary/aromatic N) is 2. The SMILES string of the molecule is Cc1c(C(C)NC(=O)CC(C)C2CCCNC2)cnn1-c1ccc(F)cc1.Cl. The van der Waals surface area contributed by atoms with Crippen molar-refractivity contribution in [2.75, 3.05) is 13.1 Å². The highest BCUT2D eigenvalue weighted by atomic mass is 35.5. The molecule has 1 aromatic carbocycles. The fourth-order valence-corrected chi connectivity index (χ4v) is 3.89. The summed E-state index contributed by atoms with van der Waals surface area (Å²) in [7, 11) is 0. The Hall–Kier alpha value is -1.92. The van der Waals surface area contributed by atoms with Crippen molar-refractivity contribution in [2.24, 2.45) is 11.8 Å². The van der Waals surface area contributed by atoms with Crippen LogP contribution in [0.25, 0.3) is 5.69 Å². The van der Waals surface area contributed by atoms with Gasteiger partial charge in [-0.15, -0.1) is 12.4 Å². The van der Waals surface area contributed by atoms with Crippen molar-refractivity contribution in [3.8, 4) is 5.69 Å². The first-order valence-electron chi connectivity index (χ1n) is 9.76. The molecule has 3 unspecified atom stereocenters. The minimum Gasteiger partial charge on any atom is -0.349 e. The zero-order valence-electron chi connectivity index (χ0n) is 16.7. The van der Waals surface area contributed by atoms with Gasteiger partial charge in [0.25, 0.3) is 0 Å². The Balaban J connectivity index is 0.00000280. The predicted octanol–water partition coefficient (Wildman–Crippen LogP) is 3.94. The number of benzene rings is 1. The topological polar surface area (TPSA) is 59.0 Å². The van der Waals surface area contributed by atoms with Crippen LogP contribution in [0.1, 0.15) is 50.4 Å². The molecule has 2 N–H and O–H groups in total. The van der Waals surface area contributed by atoms with E-state index in [0.717, 1.165) is 30.0 Å². The van der Waals surface area contributed by atoms with Crippen LogP contribution in [0.4, 0.5) is 4.39 Å². The molecule has 0 bridgehead atoms. The normalized spacial score (nSPS) is 18.8. The molecule has 1 saturated heterocycles. The van der Waals surface area contributed by atoms with E-state index in [1.165, 1.54) is 25.0 Å². The maximum atomic E-state index is 13.1. The van der Waals surface area contributed by atoms with Gasteiger partial charge < -0.3 is 10.6 Å². The number of aromatic nitrogens is 2. The molecule has 1 aliphatic rings. The summed E-state index contributed by atoms with van der Waals surface area (Å²) in [4.78, 5) is 12.5. The number of nitrogens with one attached hydrogen (secondary N) is 2. The Labute approximate surface area is 172 Å².